The molecule has 3 aromatic rings. The van der Waals surface area contributed by atoms with E-state index in [4.69, 9.17) is 9.83 Å². The molecule has 0 radical (unpaired) electrons. The summed E-state index contributed by atoms with van der Waals surface area (Å²) in [6.45, 7) is 0.365. The van der Waals surface area contributed by atoms with Gasteiger partial charge in [0.1, 0.15) is 5.84 Å². The normalized spacial score (nSPS) is 16.8. The molecule has 164 valence electrons. The predicted molar refractivity (Wildman–Crippen MR) is 114 cm³/mol. The molecule has 6 nitrogen and oxygen atoms in total. The van der Waals surface area contributed by atoms with Crippen LogP contribution in [-0.2, 0) is 16.4 Å². The lowest BCUT2D eigenvalue weighted by Gasteiger charge is -2.29. The second kappa shape index (κ2) is 7.15. The summed E-state index contributed by atoms with van der Waals surface area (Å²) in [6, 6.07) is 13.7. The van der Waals surface area contributed by atoms with Crippen LogP contribution in [0.25, 0.3) is 0 Å². The zero-order chi connectivity index (χ0) is 22.5. The fraction of sp³-hybridized carbons (Fsp3) is 0.217. The van der Waals surface area contributed by atoms with Gasteiger partial charge in [-0.05, 0) is 54.8 Å². The van der Waals surface area contributed by atoms with E-state index in [-0.39, 0.29) is 5.91 Å². The van der Waals surface area contributed by atoms with Crippen molar-refractivity contribution in [1.82, 2.24) is 0 Å². The number of nitrogens with one attached hydrogen (secondary N) is 3. The van der Waals surface area contributed by atoms with Crippen LogP contribution in [-0.4, -0.2) is 18.4 Å². The Morgan fingerprint density at radius 1 is 1.12 bits per heavy atom. The summed E-state index contributed by atoms with van der Waals surface area (Å²) in [5.74, 6) is 0.533. The van der Waals surface area contributed by atoms with Gasteiger partial charge in [0, 0.05) is 11.4 Å². The van der Waals surface area contributed by atoms with Crippen LogP contribution in [0, 0.1) is 5.41 Å². The standard InChI is InChI=1S/C23H19F3N4O2/c24-23(25,26)15-3-1-2-14(12-15)22(9-10-22)21(31)29-16-4-6-17(7-5-16)30-13-28-20-18(19(30)27)8-11-32-20/h1-8,11-12,27-28H,9-10,13H2,(H,29,31). The third kappa shape index (κ3) is 3.39. The van der Waals surface area contributed by atoms with Crippen molar-refractivity contribution in [2.45, 2.75) is 24.4 Å². The summed E-state index contributed by atoms with van der Waals surface area (Å²) in [5, 5.41) is 14.3. The van der Waals surface area contributed by atoms with Gasteiger partial charge >= 0.3 is 6.18 Å². The van der Waals surface area contributed by atoms with Gasteiger partial charge in [0.15, 0.2) is 0 Å². The fourth-order valence-corrected chi connectivity index (χ4v) is 3.97. The number of carbonyl (C=O) groups is 1. The van der Waals surface area contributed by atoms with Gasteiger partial charge in [-0.1, -0.05) is 18.2 Å². The van der Waals surface area contributed by atoms with Crippen molar-refractivity contribution in [1.29, 1.82) is 5.41 Å². The van der Waals surface area contributed by atoms with Crippen molar-refractivity contribution in [3.05, 3.63) is 77.6 Å². The Morgan fingerprint density at radius 3 is 2.56 bits per heavy atom. The molecule has 0 saturated heterocycles. The van der Waals surface area contributed by atoms with Crippen LogP contribution in [0.15, 0.2) is 65.3 Å². The lowest BCUT2D eigenvalue weighted by Crippen LogP contribution is -2.39. The molecule has 32 heavy (non-hydrogen) atoms. The molecule has 0 spiro atoms. The molecule has 2 aromatic carbocycles. The van der Waals surface area contributed by atoms with Crippen molar-refractivity contribution in [2.75, 3.05) is 22.2 Å². The molecule has 1 aliphatic carbocycles. The van der Waals surface area contributed by atoms with Crippen LogP contribution < -0.4 is 15.5 Å². The number of rotatable bonds is 4. The minimum Gasteiger partial charge on any atom is -0.448 e. The van der Waals surface area contributed by atoms with E-state index in [1.54, 1.807) is 41.3 Å². The molecule has 1 fully saturated rings. The zero-order valence-corrected chi connectivity index (χ0v) is 16.8. The topological polar surface area (TPSA) is 81.4 Å². The Bertz CT molecular complexity index is 1200. The molecule has 1 amide bonds. The van der Waals surface area contributed by atoms with E-state index in [1.165, 1.54) is 12.3 Å². The number of amides is 1. The Hall–Kier alpha value is -3.75. The summed E-state index contributed by atoms with van der Waals surface area (Å²) in [4.78, 5) is 14.7. The number of alkyl halides is 3. The zero-order valence-electron chi connectivity index (χ0n) is 16.8. The molecule has 1 aromatic heterocycles. The maximum absolute atomic E-state index is 13.1. The fourth-order valence-electron chi connectivity index (χ4n) is 3.97. The van der Waals surface area contributed by atoms with Gasteiger partial charge in [0.25, 0.3) is 0 Å². The second-order valence-corrected chi connectivity index (χ2v) is 7.94. The molecule has 0 atom stereocenters. The van der Waals surface area contributed by atoms with E-state index >= 15 is 0 Å². The molecule has 5 rings (SSSR count). The number of nitrogens with zero attached hydrogens (tertiary/aromatic N) is 1. The number of carbonyl (C=O) groups excluding carboxylic acids is 1. The number of anilines is 3. The number of benzene rings is 2. The van der Waals surface area contributed by atoms with Gasteiger partial charge < -0.3 is 20.0 Å². The van der Waals surface area contributed by atoms with Crippen molar-refractivity contribution in [3.63, 3.8) is 0 Å². The number of fused-ring (bicyclic) bond motifs is 1. The minimum absolute atomic E-state index is 0.297. The molecular weight excluding hydrogens is 421 g/mol. The van der Waals surface area contributed by atoms with Crippen molar-refractivity contribution in [2.24, 2.45) is 0 Å². The molecule has 2 heterocycles. The van der Waals surface area contributed by atoms with Gasteiger partial charge in [-0.2, -0.15) is 13.2 Å². The first-order valence-corrected chi connectivity index (χ1v) is 10.0. The van der Waals surface area contributed by atoms with Gasteiger partial charge in [-0.25, -0.2) is 0 Å². The first-order chi connectivity index (χ1) is 15.3. The first-order valence-electron chi connectivity index (χ1n) is 10.0. The number of hydrogen-bond acceptors (Lipinski definition) is 4. The van der Waals surface area contributed by atoms with Crippen LogP contribution in [0.2, 0.25) is 0 Å². The molecule has 0 unspecified atom stereocenters. The molecule has 3 N–H and O–H groups in total. The van der Waals surface area contributed by atoms with Crippen molar-refractivity contribution in [3.8, 4) is 0 Å². The van der Waals surface area contributed by atoms with Crippen LogP contribution in [0.4, 0.5) is 30.4 Å². The van der Waals surface area contributed by atoms with E-state index in [9.17, 15) is 18.0 Å². The van der Waals surface area contributed by atoms with Gasteiger partial charge in [0.05, 0.1) is 29.5 Å². The van der Waals surface area contributed by atoms with Crippen molar-refractivity contribution < 1.29 is 22.4 Å². The van der Waals surface area contributed by atoms with Crippen LogP contribution in [0.5, 0.6) is 0 Å². The van der Waals surface area contributed by atoms with Crippen LogP contribution >= 0.6 is 0 Å². The van der Waals surface area contributed by atoms with E-state index in [2.05, 4.69) is 10.6 Å². The first kappa shape index (κ1) is 20.2. The van der Waals surface area contributed by atoms with E-state index in [0.29, 0.717) is 48.0 Å². The highest BCUT2D eigenvalue weighted by Gasteiger charge is 2.51. The molecule has 9 heteroatoms. The molecule has 1 saturated carbocycles. The highest BCUT2D eigenvalue weighted by Crippen LogP contribution is 2.50. The summed E-state index contributed by atoms with van der Waals surface area (Å²) in [6.07, 6.45) is -1.93. The van der Waals surface area contributed by atoms with Crippen LogP contribution in [0.1, 0.15) is 29.5 Å². The van der Waals surface area contributed by atoms with Gasteiger partial charge in [-0.15, -0.1) is 0 Å². The predicted octanol–water partition coefficient (Wildman–Crippen LogP) is 5.18. The molecule has 1 aliphatic heterocycles. The second-order valence-electron chi connectivity index (χ2n) is 7.94. The SMILES string of the molecule is N=C1c2ccoc2NCN1c1ccc(NC(=O)C2(c3cccc(C(F)(F)F)c3)CC2)cc1. The third-order valence-corrected chi connectivity index (χ3v) is 5.95. The summed E-state index contributed by atoms with van der Waals surface area (Å²) in [5.41, 5.74) is 0.646. The van der Waals surface area contributed by atoms with Gasteiger partial charge in [0.2, 0.25) is 11.8 Å². The third-order valence-electron chi connectivity index (χ3n) is 5.95. The highest BCUT2D eigenvalue weighted by atomic mass is 19.4. The number of halogens is 3. The van der Waals surface area contributed by atoms with Crippen LogP contribution in [0.3, 0.4) is 0 Å². The lowest BCUT2D eigenvalue weighted by molar-refractivity contribution is -0.137. The maximum Gasteiger partial charge on any atom is 0.416 e. The summed E-state index contributed by atoms with van der Waals surface area (Å²) in [7, 11) is 0. The summed E-state index contributed by atoms with van der Waals surface area (Å²) >= 11 is 0. The Morgan fingerprint density at radius 2 is 1.88 bits per heavy atom. The van der Waals surface area contributed by atoms with E-state index in [1.807, 2.05) is 0 Å². The number of hydrogen-bond donors (Lipinski definition) is 3. The largest absolute Gasteiger partial charge is 0.448 e. The molecule has 2 aliphatic rings. The average Bonchev–Trinajstić information content (AvgIpc) is 3.45. The molecular formula is C23H19F3N4O2. The smallest absolute Gasteiger partial charge is 0.416 e. The average molecular weight is 440 g/mol. The van der Waals surface area contributed by atoms with E-state index in [0.717, 1.165) is 17.8 Å². The Kier molecular flexibility index (Phi) is 4.51. The Balaban J connectivity index is 1.31. The summed E-state index contributed by atoms with van der Waals surface area (Å²) < 4.78 is 44.5. The molecule has 0 bridgehead atoms. The van der Waals surface area contributed by atoms with Gasteiger partial charge in [-0.3, -0.25) is 10.2 Å². The maximum atomic E-state index is 13.1. The number of furan rings is 1. The number of amidine groups is 1. The Labute approximate surface area is 181 Å². The van der Waals surface area contributed by atoms with Crippen molar-refractivity contribution >= 4 is 29.0 Å². The monoisotopic (exact) mass is 440 g/mol. The quantitative estimate of drug-likeness (QED) is 0.522. The minimum atomic E-state index is -4.45. The van der Waals surface area contributed by atoms with E-state index < -0.39 is 17.2 Å². The lowest BCUT2D eigenvalue weighted by atomic mass is 9.93. The highest BCUT2D eigenvalue weighted by molar-refractivity contribution is 6.12.